The van der Waals surface area contributed by atoms with Gasteiger partial charge in [-0.2, -0.15) is 15.1 Å². The zero-order valence-corrected chi connectivity index (χ0v) is 22.4. The highest BCUT2D eigenvalue weighted by atomic mass is 79.9. The third-order valence-electron chi connectivity index (χ3n) is 5.16. The smallest absolute Gasteiger partial charge is 0.283 e. The highest BCUT2D eigenvalue weighted by Crippen LogP contribution is 2.38. The SMILES string of the molecule is CCCC1=NN2C(=N)/C(=C/c3cc(Br)c(OCCOc4cccc(OC)c4)c(OC)c3)C(=O)N=C2S1. The maximum atomic E-state index is 12.7. The molecule has 0 atom stereocenters. The average Bonchev–Trinajstić information content (AvgIpc) is 3.27. The van der Waals surface area contributed by atoms with Crippen LogP contribution in [0, 0.1) is 5.41 Å². The number of thioether (sulfide) groups is 1. The first-order chi connectivity index (χ1) is 17.4. The molecule has 36 heavy (non-hydrogen) atoms. The van der Waals surface area contributed by atoms with E-state index in [2.05, 4.69) is 32.9 Å². The number of amidine groups is 2. The summed E-state index contributed by atoms with van der Waals surface area (Å²) in [5.74, 6) is 1.88. The number of fused-ring (bicyclic) bond motifs is 1. The second kappa shape index (κ2) is 11.6. The van der Waals surface area contributed by atoms with Crippen LogP contribution < -0.4 is 18.9 Å². The number of halogens is 1. The predicted octanol–water partition coefficient (Wildman–Crippen LogP) is 5.34. The number of hydrogen-bond donors (Lipinski definition) is 1. The van der Waals surface area contributed by atoms with Gasteiger partial charge in [-0.1, -0.05) is 13.0 Å². The molecular formula is C25H25BrN4O5S. The van der Waals surface area contributed by atoms with Gasteiger partial charge >= 0.3 is 0 Å². The molecule has 188 valence electrons. The summed E-state index contributed by atoms with van der Waals surface area (Å²) >= 11 is 4.86. The summed E-state index contributed by atoms with van der Waals surface area (Å²) in [5.41, 5.74) is 0.797. The molecule has 0 aromatic heterocycles. The maximum absolute atomic E-state index is 12.7. The lowest BCUT2D eigenvalue weighted by Gasteiger charge is -2.20. The fourth-order valence-electron chi connectivity index (χ4n) is 3.47. The van der Waals surface area contributed by atoms with E-state index in [0.29, 0.717) is 44.8 Å². The number of aliphatic imine (C=N–C) groups is 1. The van der Waals surface area contributed by atoms with Crippen molar-refractivity contribution in [2.24, 2.45) is 10.1 Å². The van der Waals surface area contributed by atoms with Crippen LogP contribution in [-0.2, 0) is 4.79 Å². The zero-order chi connectivity index (χ0) is 25.7. The molecule has 2 aromatic rings. The van der Waals surface area contributed by atoms with E-state index >= 15 is 0 Å². The Morgan fingerprint density at radius 1 is 1.11 bits per heavy atom. The third kappa shape index (κ3) is 5.73. The summed E-state index contributed by atoms with van der Waals surface area (Å²) < 4.78 is 23.0. The Balaban J connectivity index is 1.47. The summed E-state index contributed by atoms with van der Waals surface area (Å²) in [6.07, 6.45) is 3.30. The van der Waals surface area contributed by atoms with E-state index in [-0.39, 0.29) is 18.0 Å². The highest BCUT2D eigenvalue weighted by molar-refractivity contribution is 9.10. The average molecular weight is 573 g/mol. The van der Waals surface area contributed by atoms with Crippen LogP contribution in [-0.4, -0.2) is 54.4 Å². The van der Waals surface area contributed by atoms with Crippen LogP contribution in [0.3, 0.4) is 0 Å². The number of ether oxygens (including phenoxy) is 4. The third-order valence-corrected chi connectivity index (χ3v) is 6.72. The Hall–Kier alpha value is -3.31. The van der Waals surface area contributed by atoms with E-state index in [1.165, 1.54) is 23.9 Å². The predicted molar refractivity (Wildman–Crippen MR) is 145 cm³/mol. The van der Waals surface area contributed by atoms with E-state index in [4.69, 9.17) is 24.4 Å². The molecule has 2 aromatic carbocycles. The van der Waals surface area contributed by atoms with E-state index in [9.17, 15) is 4.79 Å². The quantitative estimate of drug-likeness (QED) is 0.302. The van der Waals surface area contributed by atoms with Crippen molar-refractivity contribution in [1.82, 2.24) is 5.01 Å². The lowest BCUT2D eigenvalue weighted by Crippen LogP contribution is -2.35. The molecule has 4 rings (SSSR count). The first-order valence-corrected chi connectivity index (χ1v) is 12.8. The number of methoxy groups -OCH3 is 2. The minimum absolute atomic E-state index is 0.00582. The fraction of sp³-hybridized carbons (Fsp3) is 0.280. The van der Waals surface area contributed by atoms with Crippen molar-refractivity contribution in [2.45, 2.75) is 19.8 Å². The summed E-state index contributed by atoms with van der Waals surface area (Å²) in [4.78, 5) is 16.8. The first-order valence-electron chi connectivity index (χ1n) is 11.2. The van der Waals surface area contributed by atoms with Crippen molar-refractivity contribution in [2.75, 3.05) is 27.4 Å². The van der Waals surface area contributed by atoms with Gasteiger partial charge in [0.05, 0.1) is 24.3 Å². The van der Waals surface area contributed by atoms with Crippen LogP contribution in [0.4, 0.5) is 0 Å². The number of nitrogens with one attached hydrogen (secondary N) is 1. The first kappa shape index (κ1) is 25.8. The fourth-order valence-corrected chi connectivity index (χ4v) is 5.03. The molecular weight excluding hydrogens is 548 g/mol. The molecule has 0 radical (unpaired) electrons. The molecule has 9 nitrogen and oxygen atoms in total. The highest BCUT2D eigenvalue weighted by Gasteiger charge is 2.35. The summed E-state index contributed by atoms with van der Waals surface area (Å²) in [7, 11) is 3.14. The van der Waals surface area contributed by atoms with Gasteiger partial charge in [-0.3, -0.25) is 10.2 Å². The number of carbonyl (C=O) groups is 1. The topological polar surface area (TPSA) is 106 Å². The van der Waals surface area contributed by atoms with Gasteiger partial charge in [0.1, 0.15) is 29.8 Å². The molecule has 0 spiro atoms. The number of hydrazone groups is 1. The minimum atomic E-state index is -0.475. The number of hydrogen-bond acceptors (Lipinski definition) is 8. The molecule has 1 amide bonds. The Bertz CT molecular complexity index is 1280. The van der Waals surface area contributed by atoms with Gasteiger partial charge in [0.25, 0.3) is 5.91 Å². The molecule has 0 fully saturated rings. The van der Waals surface area contributed by atoms with Gasteiger partial charge in [0.15, 0.2) is 17.3 Å². The van der Waals surface area contributed by atoms with Crippen LogP contribution in [0.5, 0.6) is 23.0 Å². The van der Waals surface area contributed by atoms with E-state index in [1.807, 2.05) is 18.2 Å². The van der Waals surface area contributed by atoms with Crippen molar-refractivity contribution in [1.29, 1.82) is 5.41 Å². The van der Waals surface area contributed by atoms with Crippen LogP contribution in [0.15, 0.2) is 56.5 Å². The lowest BCUT2D eigenvalue weighted by atomic mass is 10.1. The molecule has 2 aliphatic heterocycles. The largest absolute Gasteiger partial charge is 0.497 e. The molecule has 0 saturated carbocycles. The zero-order valence-electron chi connectivity index (χ0n) is 20.0. The second-order valence-electron chi connectivity index (χ2n) is 7.67. The van der Waals surface area contributed by atoms with Crippen LogP contribution in [0.2, 0.25) is 0 Å². The minimum Gasteiger partial charge on any atom is -0.497 e. The second-order valence-corrected chi connectivity index (χ2v) is 9.57. The number of rotatable bonds is 10. The molecule has 11 heteroatoms. The molecule has 2 heterocycles. The van der Waals surface area contributed by atoms with Gasteiger partial charge in [-0.25, -0.2) is 0 Å². The van der Waals surface area contributed by atoms with Crippen molar-refractivity contribution in [3.05, 3.63) is 52.0 Å². The lowest BCUT2D eigenvalue weighted by molar-refractivity contribution is -0.114. The molecule has 0 bridgehead atoms. The summed E-state index contributed by atoms with van der Waals surface area (Å²) in [6, 6.07) is 10.9. The number of carbonyl (C=O) groups excluding carboxylic acids is 1. The molecule has 0 aliphatic carbocycles. The van der Waals surface area contributed by atoms with E-state index < -0.39 is 5.91 Å². The Kier molecular flexibility index (Phi) is 8.32. The molecule has 1 N–H and O–H groups in total. The van der Waals surface area contributed by atoms with E-state index in [1.54, 1.807) is 31.4 Å². The molecule has 2 aliphatic rings. The van der Waals surface area contributed by atoms with Crippen molar-refractivity contribution < 1.29 is 23.7 Å². The van der Waals surface area contributed by atoms with Gasteiger partial charge < -0.3 is 18.9 Å². The van der Waals surface area contributed by atoms with Gasteiger partial charge in [-0.15, -0.1) is 0 Å². The number of nitrogens with zero attached hydrogens (tertiary/aromatic N) is 3. The standard InChI is InChI=1S/C25H25BrN4O5S/c1-4-6-21-29-30-23(27)18(24(31)28-25(30)36-21)11-15-12-19(26)22(20(13-15)33-3)35-10-9-34-17-8-5-7-16(14-17)32-2/h5,7-8,11-14,27H,4,6,9-10H2,1-3H3/b18-11-,27-23?. The van der Waals surface area contributed by atoms with Crippen LogP contribution in [0.25, 0.3) is 6.08 Å². The molecule has 0 saturated heterocycles. The monoisotopic (exact) mass is 572 g/mol. The van der Waals surface area contributed by atoms with Gasteiger partial charge in [0, 0.05) is 6.07 Å². The van der Waals surface area contributed by atoms with Crippen LogP contribution in [0.1, 0.15) is 25.3 Å². The van der Waals surface area contributed by atoms with Gasteiger partial charge in [0.2, 0.25) is 5.17 Å². The Morgan fingerprint density at radius 2 is 1.89 bits per heavy atom. The Morgan fingerprint density at radius 3 is 2.64 bits per heavy atom. The van der Waals surface area contributed by atoms with Gasteiger partial charge in [-0.05, 0) is 76.4 Å². The number of amides is 1. The van der Waals surface area contributed by atoms with E-state index in [0.717, 1.165) is 17.9 Å². The van der Waals surface area contributed by atoms with Crippen molar-refractivity contribution in [3.63, 3.8) is 0 Å². The van der Waals surface area contributed by atoms with Crippen molar-refractivity contribution >= 4 is 55.7 Å². The maximum Gasteiger partial charge on any atom is 0.283 e. The summed E-state index contributed by atoms with van der Waals surface area (Å²) in [5, 5.41) is 15.6. The molecule has 0 unspecified atom stereocenters. The Labute approximate surface area is 221 Å². The normalized spacial score (nSPS) is 16.0. The number of benzene rings is 2. The summed E-state index contributed by atoms with van der Waals surface area (Å²) in [6.45, 7) is 2.64. The van der Waals surface area contributed by atoms with Crippen LogP contribution >= 0.6 is 27.7 Å². The van der Waals surface area contributed by atoms with Crippen molar-refractivity contribution in [3.8, 4) is 23.0 Å².